The fourth-order valence-corrected chi connectivity index (χ4v) is 2.80. The molecule has 0 radical (unpaired) electrons. The van der Waals surface area contributed by atoms with E-state index >= 15 is 0 Å². The molecule has 1 heterocycles. The summed E-state index contributed by atoms with van der Waals surface area (Å²) in [4.78, 5) is 29.0. The van der Waals surface area contributed by atoms with E-state index in [0.29, 0.717) is 41.1 Å². The highest BCUT2D eigenvalue weighted by Crippen LogP contribution is 2.29. The van der Waals surface area contributed by atoms with Gasteiger partial charge in [0, 0.05) is 19.0 Å². The zero-order chi connectivity index (χ0) is 19.2. The number of nitrogens with zero attached hydrogens (tertiary/aromatic N) is 2. The smallest absolute Gasteiger partial charge is 0.261 e. The van der Waals surface area contributed by atoms with Crippen LogP contribution in [0.2, 0.25) is 0 Å². The van der Waals surface area contributed by atoms with Crippen molar-refractivity contribution in [3.63, 3.8) is 0 Å². The predicted molar refractivity (Wildman–Crippen MR) is 103 cm³/mol. The first-order chi connectivity index (χ1) is 13.1. The number of carbonyl (C=O) groups is 1. The van der Waals surface area contributed by atoms with Crippen molar-refractivity contribution >= 4 is 22.5 Å². The van der Waals surface area contributed by atoms with Crippen LogP contribution in [-0.2, 0) is 11.3 Å². The van der Waals surface area contributed by atoms with E-state index in [4.69, 9.17) is 9.47 Å². The molecule has 1 aromatic heterocycles. The fraction of sp³-hybridized carbons (Fsp3) is 0.250. The number of carbonyl (C=O) groups excluding carboxylic acids is 1. The average molecular weight is 367 g/mol. The third-order valence-electron chi connectivity index (χ3n) is 4.22. The number of rotatable bonds is 7. The third-order valence-corrected chi connectivity index (χ3v) is 4.22. The van der Waals surface area contributed by atoms with Crippen molar-refractivity contribution in [2.75, 3.05) is 19.5 Å². The van der Waals surface area contributed by atoms with Gasteiger partial charge < -0.3 is 14.8 Å². The van der Waals surface area contributed by atoms with Crippen LogP contribution in [0.15, 0.2) is 53.6 Å². The summed E-state index contributed by atoms with van der Waals surface area (Å²) in [6.07, 6.45) is 2.30. The first kappa shape index (κ1) is 18.4. The molecule has 0 unspecified atom stereocenters. The summed E-state index contributed by atoms with van der Waals surface area (Å²) in [5, 5.41) is 3.39. The van der Waals surface area contributed by atoms with E-state index in [1.165, 1.54) is 18.0 Å². The maximum absolute atomic E-state index is 12.4. The lowest BCUT2D eigenvalue weighted by Gasteiger charge is -2.12. The third kappa shape index (κ3) is 4.25. The molecule has 1 N–H and O–H groups in total. The Hall–Kier alpha value is -3.35. The van der Waals surface area contributed by atoms with E-state index < -0.39 is 0 Å². The zero-order valence-corrected chi connectivity index (χ0v) is 15.3. The van der Waals surface area contributed by atoms with Gasteiger partial charge in [0.1, 0.15) is 11.5 Å². The lowest BCUT2D eigenvalue weighted by Crippen LogP contribution is -2.21. The second-order valence-electron chi connectivity index (χ2n) is 5.98. The normalized spacial score (nSPS) is 10.6. The first-order valence-electron chi connectivity index (χ1n) is 8.58. The number of aryl methyl sites for hydroxylation is 1. The second-order valence-corrected chi connectivity index (χ2v) is 5.98. The van der Waals surface area contributed by atoms with Crippen LogP contribution in [0.5, 0.6) is 11.5 Å². The van der Waals surface area contributed by atoms with E-state index in [2.05, 4.69) is 10.3 Å². The van der Waals surface area contributed by atoms with Crippen molar-refractivity contribution in [3.05, 3.63) is 59.1 Å². The molecule has 1 amide bonds. The van der Waals surface area contributed by atoms with Crippen LogP contribution in [0.4, 0.5) is 5.69 Å². The molecule has 3 rings (SSSR count). The first-order valence-corrected chi connectivity index (χ1v) is 8.58. The number of benzene rings is 2. The number of fused-ring (bicyclic) bond motifs is 1. The lowest BCUT2D eigenvalue weighted by atomic mass is 10.2. The summed E-state index contributed by atoms with van der Waals surface area (Å²) in [5.41, 5.74) is 1.11. The zero-order valence-electron chi connectivity index (χ0n) is 15.3. The molecule has 0 saturated carbocycles. The average Bonchev–Trinajstić information content (AvgIpc) is 2.70. The second kappa shape index (κ2) is 8.35. The van der Waals surface area contributed by atoms with Crippen molar-refractivity contribution in [2.45, 2.75) is 19.4 Å². The Morgan fingerprint density at radius 1 is 1.15 bits per heavy atom. The van der Waals surface area contributed by atoms with Crippen LogP contribution >= 0.6 is 0 Å². The van der Waals surface area contributed by atoms with Crippen LogP contribution < -0.4 is 20.3 Å². The van der Waals surface area contributed by atoms with E-state index in [9.17, 15) is 9.59 Å². The van der Waals surface area contributed by atoms with Gasteiger partial charge >= 0.3 is 0 Å². The summed E-state index contributed by atoms with van der Waals surface area (Å²) in [5.74, 6) is 1.02. The van der Waals surface area contributed by atoms with Crippen molar-refractivity contribution in [1.29, 1.82) is 0 Å². The number of ether oxygens (including phenoxy) is 2. The molecular formula is C20H21N3O4. The minimum Gasteiger partial charge on any atom is -0.497 e. The molecule has 7 nitrogen and oxygen atoms in total. The molecule has 0 aliphatic carbocycles. The molecule has 3 aromatic rings. The fourth-order valence-electron chi connectivity index (χ4n) is 2.80. The molecule has 7 heteroatoms. The monoisotopic (exact) mass is 367 g/mol. The number of hydrogen-bond donors (Lipinski definition) is 1. The highest BCUT2D eigenvalue weighted by molar-refractivity contribution is 5.92. The van der Waals surface area contributed by atoms with Gasteiger partial charge in [0.2, 0.25) is 5.91 Å². The summed E-state index contributed by atoms with van der Waals surface area (Å²) >= 11 is 0. The quantitative estimate of drug-likeness (QED) is 0.694. The van der Waals surface area contributed by atoms with E-state index in [1.54, 1.807) is 37.4 Å². The molecule has 0 saturated heterocycles. The molecule has 0 fully saturated rings. The minimum absolute atomic E-state index is 0.101. The molecule has 2 aromatic carbocycles. The van der Waals surface area contributed by atoms with Crippen molar-refractivity contribution in [3.8, 4) is 11.5 Å². The van der Waals surface area contributed by atoms with Gasteiger partial charge in [0.15, 0.2) is 0 Å². The van der Waals surface area contributed by atoms with Crippen molar-refractivity contribution in [2.24, 2.45) is 0 Å². The number of anilines is 1. The number of nitrogens with one attached hydrogen (secondary N) is 1. The van der Waals surface area contributed by atoms with Gasteiger partial charge in [-0.2, -0.15) is 0 Å². The van der Waals surface area contributed by atoms with E-state index in [1.807, 2.05) is 12.1 Å². The largest absolute Gasteiger partial charge is 0.497 e. The van der Waals surface area contributed by atoms with Crippen LogP contribution in [0.3, 0.4) is 0 Å². The van der Waals surface area contributed by atoms with Gasteiger partial charge in [-0.3, -0.25) is 14.2 Å². The number of methoxy groups -OCH3 is 2. The van der Waals surface area contributed by atoms with Crippen molar-refractivity contribution < 1.29 is 14.3 Å². The number of para-hydroxylation sites is 1. The number of aromatic nitrogens is 2. The maximum Gasteiger partial charge on any atom is 0.261 e. The van der Waals surface area contributed by atoms with Gasteiger partial charge in [-0.05, 0) is 30.7 Å². The van der Waals surface area contributed by atoms with Crippen LogP contribution in [0.1, 0.15) is 12.8 Å². The molecular weight excluding hydrogens is 346 g/mol. The highest BCUT2D eigenvalue weighted by atomic mass is 16.5. The van der Waals surface area contributed by atoms with Crippen molar-refractivity contribution in [1.82, 2.24) is 9.55 Å². The molecule has 0 aliphatic rings. The van der Waals surface area contributed by atoms with Crippen LogP contribution in [0, 0.1) is 0 Å². The number of amides is 1. The SMILES string of the molecule is COc1ccc(OC)c(NC(=O)CCCn2cnc3ccccc3c2=O)c1. The Kier molecular flexibility index (Phi) is 5.71. The summed E-state index contributed by atoms with van der Waals surface area (Å²) < 4.78 is 12.0. The molecule has 0 atom stereocenters. The highest BCUT2D eigenvalue weighted by Gasteiger charge is 2.10. The number of hydrogen-bond acceptors (Lipinski definition) is 5. The Morgan fingerprint density at radius 3 is 2.74 bits per heavy atom. The lowest BCUT2D eigenvalue weighted by molar-refractivity contribution is -0.116. The summed E-state index contributed by atoms with van der Waals surface area (Å²) in [6, 6.07) is 12.4. The Labute approximate surface area is 156 Å². The topological polar surface area (TPSA) is 82.4 Å². The Morgan fingerprint density at radius 2 is 1.96 bits per heavy atom. The Bertz CT molecular complexity index is 1010. The Balaban J connectivity index is 1.62. The van der Waals surface area contributed by atoms with E-state index in [0.717, 1.165) is 0 Å². The van der Waals surface area contributed by atoms with Gasteiger partial charge in [0.25, 0.3) is 5.56 Å². The summed E-state index contributed by atoms with van der Waals surface area (Å²) in [7, 11) is 3.10. The van der Waals surface area contributed by atoms with Gasteiger partial charge in [0.05, 0.1) is 37.1 Å². The van der Waals surface area contributed by atoms with Crippen LogP contribution in [0.25, 0.3) is 10.9 Å². The molecule has 0 aliphatic heterocycles. The molecule has 0 bridgehead atoms. The molecule has 0 spiro atoms. The van der Waals surface area contributed by atoms with Crippen LogP contribution in [-0.4, -0.2) is 29.7 Å². The minimum atomic E-state index is -0.164. The molecule has 27 heavy (non-hydrogen) atoms. The predicted octanol–water partition coefficient (Wildman–Crippen LogP) is 2.83. The van der Waals surface area contributed by atoms with Gasteiger partial charge in [-0.1, -0.05) is 12.1 Å². The standard InChI is InChI=1S/C20H21N3O4/c1-26-14-9-10-18(27-2)17(12-14)22-19(24)8-5-11-23-13-21-16-7-4-3-6-15(16)20(23)25/h3-4,6-7,9-10,12-13H,5,8,11H2,1-2H3,(H,22,24). The van der Waals surface area contributed by atoms with E-state index in [-0.39, 0.29) is 17.9 Å². The molecule has 140 valence electrons. The summed E-state index contributed by atoms with van der Waals surface area (Å²) in [6.45, 7) is 0.416. The van der Waals surface area contributed by atoms with Gasteiger partial charge in [-0.25, -0.2) is 4.98 Å². The maximum atomic E-state index is 12.4. The van der Waals surface area contributed by atoms with Gasteiger partial charge in [-0.15, -0.1) is 0 Å².